The van der Waals surface area contributed by atoms with Crippen molar-refractivity contribution < 1.29 is 4.79 Å². The second kappa shape index (κ2) is 8.45. The number of rotatable bonds is 5. The lowest BCUT2D eigenvalue weighted by molar-refractivity contribution is 0.0951. The topological polar surface area (TPSA) is 32.3 Å². The van der Waals surface area contributed by atoms with Crippen molar-refractivity contribution in [1.82, 2.24) is 10.2 Å². The molecule has 126 valence electrons. The highest BCUT2D eigenvalue weighted by atomic mass is 79.9. The monoisotopic (exact) mass is 386 g/mol. The van der Waals surface area contributed by atoms with Crippen LogP contribution in [0.4, 0.5) is 0 Å². The molecule has 0 atom stereocenters. The van der Waals surface area contributed by atoms with Gasteiger partial charge >= 0.3 is 0 Å². The number of nitrogens with zero attached hydrogens (tertiary/aromatic N) is 1. The number of carbonyl (C=O) groups excluding carboxylic acids is 1. The van der Waals surface area contributed by atoms with Crippen LogP contribution in [0.2, 0.25) is 0 Å². The second-order valence-corrected chi connectivity index (χ2v) is 7.26. The van der Waals surface area contributed by atoms with Gasteiger partial charge in [-0.3, -0.25) is 9.69 Å². The van der Waals surface area contributed by atoms with Crippen molar-refractivity contribution in [2.24, 2.45) is 0 Å². The van der Waals surface area contributed by atoms with Crippen molar-refractivity contribution in [2.45, 2.75) is 32.4 Å². The number of carbonyl (C=O) groups is 1. The molecule has 1 N–H and O–H groups in total. The molecule has 0 aromatic heterocycles. The fourth-order valence-corrected chi connectivity index (χ4v) is 3.29. The Morgan fingerprint density at radius 3 is 2.21 bits per heavy atom. The molecule has 1 heterocycles. The van der Waals surface area contributed by atoms with Gasteiger partial charge in [-0.25, -0.2) is 0 Å². The van der Waals surface area contributed by atoms with Crippen LogP contribution in [-0.2, 0) is 13.1 Å². The number of benzene rings is 2. The van der Waals surface area contributed by atoms with E-state index in [0.717, 1.165) is 16.6 Å². The third-order valence-corrected chi connectivity index (χ3v) is 4.97. The van der Waals surface area contributed by atoms with Gasteiger partial charge in [0.25, 0.3) is 5.91 Å². The van der Waals surface area contributed by atoms with Crippen LogP contribution in [0.3, 0.4) is 0 Å². The van der Waals surface area contributed by atoms with Gasteiger partial charge in [0.1, 0.15) is 0 Å². The molecule has 1 amide bonds. The molecular formula is C20H23BrN2O. The summed E-state index contributed by atoms with van der Waals surface area (Å²) in [5.41, 5.74) is 3.16. The molecular weight excluding hydrogens is 364 g/mol. The molecule has 0 spiro atoms. The Hall–Kier alpha value is -1.65. The zero-order chi connectivity index (χ0) is 16.8. The maximum atomic E-state index is 12.1. The van der Waals surface area contributed by atoms with Crippen molar-refractivity contribution in [3.63, 3.8) is 0 Å². The summed E-state index contributed by atoms with van der Waals surface area (Å²) in [7, 11) is 0. The Kier molecular flexibility index (Phi) is 6.05. The van der Waals surface area contributed by atoms with E-state index in [1.165, 1.54) is 37.9 Å². The third kappa shape index (κ3) is 4.92. The number of halogens is 1. The molecule has 3 rings (SSSR count). The van der Waals surface area contributed by atoms with Crippen LogP contribution in [0, 0.1) is 0 Å². The largest absolute Gasteiger partial charge is 0.348 e. The summed E-state index contributed by atoms with van der Waals surface area (Å²) in [6.45, 7) is 4.01. The normalized spacial score (nSPS) is 15.2. The van der Waals surface area contributed by atoms with Gasteiger partial charge in [-0.05, 0) is 61.3 Å². The average molecular weight is 387 g/mol. The molecule has 0 bridgehead atoms. The van der Waals surface area contributed by atoms with Gasteiger partial charge in [-0.1, -0.05) is 46.6 Å². The van der Waals surface area contributed by atoms with Gasteiger partial charge in [0.05, 0.1) is 0 Å². The van der Waals surface area contributed by atoms with E-state index in [1.807, 2.05) is 24.3 Å². The van der Waals surface area contributed by atoms with E-state index in [2.05, 4.69) is 50.4 Å². The summed E-state index contributed by atoms with van der Waals surface area (Å²) in [6.07, 6.45) is 4.01. The lowest BCUT2D eigenvalue weighted by Crippen LogP contribution is -2.29. The molecule has 3 nitrogen and oxygen atoms in total. The van der Waals surface area contributed by atoms with Crippen LogP contribution in [-0.4, -0.2) is 23.9 Å². The number of hydrogen-bond acceptors (Lipinski definition) is 2. The van der Waals surface area contributed by atoms with E-state index in [1.54, 1.807) is 0 Å². The first-order valence-corrected chi connectivity index (χ1v) is 9.34. The van der Waals surface area contributed by atoms with Gasteiger partial charge in [-0.15, -0.1) is 0 Å². The highest BCUT2D eigenvalue weighted by molar-refractivity contribution is 9.10. The Morgan fingerprint density at radius 1 is 0.917 bits per heavy atom. The average Bonchev–Trinajstić information content (AvgIpc) is 2.62. The first-order valence-electron chi connectivity index (χ1n) is 8.55. The minimum absolute atomic E-state index is 0.0418. The molecule has 1 aliphatic heterocycles. The van der Waals surface area contributed by atoms with Gasteiger partial charge in [0.2, 0.25) is 0 Å². The van der Waals surface area contributed by atoms with Crippen LogP contribution in [0.5, 0.6) is 0 Å². The number of nitrogens with one attached hydrogen (secondary N) is 1. The summed E-state index contributed by atoms with van der Waals surface area (Å²) >= 11 is 3.38. The highest BCUT2D eigenvalue weighted by Gasteiger charge is 2.10. The number of piperidine rings is 1. The van der Waals surface area contributed by atoms with Crippen molar-refractivity contribution >= 4 is 21.8 Å². The smallest absolute Gasteiger partial charge is 0.251 e. The lowest BCUT2D eigenvalue weighted by atomic mass is 10.1. The molecule has 2 aromatic rings. The zero-order valence-electron chi connectivity index (χ0n) is 13.8. The van der Waals surface area contributed by atoms with E-state index in [-0.39, 0.29) is 5.91 Å². The molecule has 1 fully saturated rings. The van der Waals surface area contributed by atoms with E-state index in [9.17, 15) is 4.79 Å². The highest BCUT2D eigenvalue weighted by Crippen LogP contribution is 2.14. The predicted octanol–water partition coefficient (Wildman–Crippen LogP) is 4.37. The summed E-state index contributed by atoms with van der Waals surface area (Å²) in [5, 5.41) is 2.97. The summed E-state index contributed by atoms with van der Waals surface area (Å²) < 4.78 is 0.975. The number of amides is 1. The maximum Gasteiger partial charge on any atom is 0.251 e. The maximum absolute atomic E-state index is 12.1. The molecule has 2 aromatic carbocycles. The third-order valence-electron chi connectivity index (χ3n) is 4.44. The quantitative estimate of drug-likeness (QED) is 0.827. The molecule has 0 unspecified atom stereocenters. The Labute approximate surface area is 152 Å². The standard InChI is InChI=1S/C20H23BrN2O/c21-19-10-8-18(9-11-19)20(24)22-14-16-4-6-17(7-5-16)15-23-12-2-1-3-13-23/h4-11H,1-3,12-15H2,(H,22,24). The Balaban J connectivity index is 1.50. The fourth-order valence-electron chi connectivity index (χ4n) is 3.02. The van der Waals surface area contributed by atoms with Crippen LogP contribution in [0.15, 0.2) is 53.0 Å². The molecule has 24 heavy (non-hydrogen) atoms. The van der Waals surface area contributed by atoms with E-state index in [0.29, 0.717) is 12.1 Å². The summed E-state index contributed by atoms with van der Waals surface area (Å²) in [4.78, 5) is 14.6. The van der Waals surface area contributed by atoms with E-state index >= 15 is 0 Å². The second-order valence-electron chi connectivity index (χ2n) is 6.34. The first kappa shape index (κ1) is 17.2. The summed E-state index contributed by atoms with van der Waals surface area (Å²) in [5.74, 6) is -0.0418. The molecule has 1 aliphatic rings. The molecule has 0 aliphatic carbocycles. The molecule has 0 radical (unpaired) electrons. The van der Waals surface area contributed by atoms with Crippen molar-refractivity contribution in [3.05, 3.63) is 69.7 Å². The van der Waals surface area contributed by atoms with Gasteiger partial charge in [0.15, 0.2) is 0 Å². The predicted molar refractivity (Wildman–Crippen MR) is 101 cm³/mol. The molecule has 4 heteroatoms. The van der Waals surface area contributed by atoms with Crippen molar-refractivity contribution in [1.29, 1.82) is 0 Å². The van der Waals surface area contributed by atoms with Gasteiger partial charge in [0, 0.05) is 23.1 Å². The van der Waals surface area contributed by atoms with Crippen LogP contribution < -0.4 is 5.32 Å². The number of hydrogen-bond donors (Lipinski definition) is 1. The van der Waals surface area contributed by atoms with Gasteiger partial charge < -0.3 is 5.32 Å². The minimum Gasteiger partial charge on any atom is -0.348 e. The Bertz CT molecular complexity index is 661. The van der Waals surface area contributed by atoms with E-state index < -0.39 is 0 Å². The van der Waals surface area contributed by atoms with Crippen LogP contribution >= 0.6 is 15.9 Å². The first-order chi connectivity index (χ1) is 11.7. The summed E-state index contributed by atoms with van der Waals surface area (Å²) in [6, 6.07) is 16.0. The van der Waals surface area contributed by atoms with Crippen molar-refractivity contribution in [3.8, 4) is 0 Å². The molecule has 1 saturated heterocycles. The minimum atomic E-state index is -0.0418. The fraction of sp³-hybridized carbons (Fsp3) is 0.350. The van der Waals surface area contributed by atoms with E-state index in [4.69, 9.17) is 0 Å². The van der Waals surface area contributed by atoms with Crippen LogP contribution in [0.1, 0.15) is 40.7 Å². The van der Waals surface area contributed by atoms with Crippen molar-refractivity contribution in [2.75, 3.05) is 13.1 Å². The zero-order valence-corrected chi connectivity index (χ0v) is 15.4. The van der Waals surface area contributed by atoms with Crippen LogP contribution in [0.25, 0.3) is 0 Å². The number of likely N-dealkylation sites (tertiary alicyclic amines) is 1. The lowest BCUT2D eigenvalue weighted by Gasteiger charge is -2.26. The SMILES string of the molecule is O=C(NCc1ccc(CN2CCCCC2)cc1)c1ccc(Br)cc1. The van der Waals surface area contributed by atoms with Gasteiger partial charge in [-0.2, -0.15) is 0 Å². The molecule has 0 saturated carbocycles. The Morgan fingerprint density at radius 2 is 1.54 bits per heavy atom.